The molecule has 0 aromatic heterocycles. The Morgan fingerprint density at radius 3 is 1.86 bits per heavy atom. The van der Waals surface area contributed by atoms with Crippen molar-refractivity contribution in [1.29, 1.82) is 0 Å². The summed E-state index contributed by atoms with van der Waals surface area (Å²) in [6.45, 7) is 21.2. The second-order valence-corrected chi connectivity index (χ2v) is 6.97. The molecular weight excluding hydrogens is 264 g/mol. The minimum absolute atomic E-state index is 0.554. The Bertz CT molecular complexity index is 423. The summed E-state index contributed by atoms with van der Waals surface area (Å²) in [4.78, 5) is 0. The zero-order chi connectivity index (χ0) is 17.1. The van der Waals surface area contributed by atoms with Crippen molar-refractivity contribution in [3.8, 4) is 0 Å². The lowest BCUT2D eigenvalue weighted by Gasteiger charge is -2.31. The molecule has 124 valence electrons. The lowest BCUT2D eigenvalue weighted by atomic mass is 9.73. The molecule has 0 aliphatic rings. The van der Waals surface area contributed by atoms with Gasteiger partial charge in [0.25, 0.3) is 0 Å². The first-order valence-electron chi connectivity index (χ1n) is 8.50. The SMILES string of the molecule is C=CCC(C)C(CC=C(C)C)C(CC=C)/C(C)=C/C=C(C)C. The zero-order valence-corrected chi connectivity index (χ0v) is 15.7. The Morgan fingerprint density at radius 2 is 1.41 bits per heavy atom. The number of allylic oxidation sites excluding steroid dienone is 8. The van der Waals surface area contributed by atoms with Crippen LogP contribution in [0, 0.1) is 17.8 Å². The van der Waals surface area contributed by atoms with Crippen molar-refractivity contribution in [2.24, 2.45) is 17.8 Å². The third kappa shape index (κ3) is 8.22. The molecule has 0 saturated heterocycles. The molecule has 0 spiro atoms. The van der Waals surface area contributed by atoms with Gasteiger partial charge < -0.3 is 0 Å². The fraction of sp³-hybridized carbons (Fsp3) is 0.545. The van der Waals surface area contributed by atoms with Gasteiger partial charge in [-0.15, -0.1) is 13.2 Å². The van der Waals surface area contributed by atoms with E-state index in [1.807, 2.05) is 0 Å². The van der Waals surface area contributed by atoms with Crippen molar-refractivity contribution in [3.05, 3.63) is 60.3 Å². The molecule has 3 atom stereocenters. The minimum atomic E-state index is 0.554. The van der Waals surface area contributed by atoms with Crippen LogP contribution in [0.4, 0.5) is 0 Å². The Balaban J connectivity index is 5.48. The largest absolute Gasteiger partial charge is 0.103 e. The van der Waals surface area contributed by atoms with Crippen LogP contribution in [0.5, 0.6) is 0 Å². The molecule has 0 N–H and O–H groups in total. The fourth-order valence-electron chi connectivity index (χ4n) is 2.90. The van der Waals surface area contributed by atoms with E-state index in [0.717, 1.165) is 19.3 Å². The first-order valence-corrected chi connectivity index (χ1v) is 8.50. The lowest BCUT2D eigenvalue weighted by molar-refractivity contribution is 0.272. The average Bonchev–Trinajstić information content (AvgIpc) is 2.43. The molecule has 0 fully saturated rings. The van der Waals surface area contributed by atoms with E-state index in [2.05, 4.69) is 85.1 Å². The summed E-state index contributed by atoms with van der Waals surface area (Å²) in [5.41, 5.74) is 4.21. The smallest absolute Gasteiger partial charge is 0.0134 e. The summed E-state index contributed by atoms with van der Waals surface area (Å²) >= 11 is 0. The summed E-state index contributed by atoms with van der Waals surface area (Å²) < 4.78 is 0. The molecular formula is C22H36. The van der Waals surface area contributed by atoms with E-state index in [4.69, 9.17) is 0 Å². The van der Waals surface area contributed by atoms with Gasteiger partial charge in [0, 0.05) is 0 Å². The molecule has 0 aliphatic carbocycles. The maximum Gasteiger partial charge on any atom is -0.0134 e. The van der Waals surface area contributed by atoms with Crippen LogP contribution in [0.15, 0.2) is 60.3 Å². The highest BCUT2D eigenvalue weighted by molar-refractivity contribution is 5.18. The predicted octanol–water partition coefficient (Wildman–Crippen LogP) is 7.28. The number of rotatable bonds is 10. The first kappa shape index (κ1) is 20.7. The topological polar surface area (TPSA) is 0 Å². The third-order valence-electron chi connectivity index (χ3n) is 4.27. The summed E-state index contributed by atoms with van der Waals surface area (Å²) in [6.07, 6.45) is 14.3. The summed E-state index contributed by atoms with van der Waals surface area (Å²) in [5, 5.41) is 0. The van der Waals surface area contributed by atoms with E-state index in [1.54, 1.807) is 0 Å². The Hall–Kier alpha value is -1.30. The normalized spacial score (nSPS) is 15.5. The predicted molar refractivity (Wildman–Crippen MR) is 103 cm³/mol. The highest BCUT2D eigenvalue weighted by atomic mass is 14.3. The van der Waals surface area contributed by atoms with Gasteiger partial charge in [-0.3, -0.25) is 0 Å². The van der Waals surface area contributed by atoms with Gasteiger partial charge in [0.2, 0.25) is 0 Å². The van der Waals surface area contributed by atoms with Crippen molar-refractivity contribution in [3.63, 3.8) is 0 Å². The van der Waals surface area contributed by atoms with Crippen molar-refractivity contribution < 1.29 is 0 Å². The van der Waals surface area contributed by atoms with Gasteiger partial charge in [-0.2, -0.15) is 0 Å². The van der Waals surface area contributed by atoms with Crippen molar-refractivity contribution in [1.82, 2.24) is 0 Å². The highest BCUT2D eigenvalue weighted by Gasteiger charge is 2.25. The van der Waals surface area contributed by atoms with Gasteiger partial charge in [-0.25, -0.2) is 0 Å². The quantitative estimate of drug-likeness (QED) is 0.294. The van der Waals surface area contributed by atoms with Crippen LogP contribution in [0.3, 0.4) is 0 Å². The molecule has 0 heterocycles. The summed E-state index contributed by atoms with van der Waals surface area (Å²) in [5.74, 6) is 1.82. The molecule has 0 aromatic carbocycles. The molecule has 0 amide bonds. The van der Waals surface area contributed by atoms with E-state index >= 15 is 0 Å². The molecule has 0 rings (SSSR count). The van der Waals surface area contributed by atoms with Gasteiger partial charge in [-0.05, 0) is 71.6 Å². The molecule has 0 bridgehead atoms. The van der Waals surface area contributed by atoms with Crippen LogP contribution in [0.2, 0.25) is 0 Å². The Kier molecular flexibility index (Phi) is 10.6. The Morgan fingerprint density at radius 1 is 0.818 bits per heavy atom. The molecule has 0 saturated carbocycles. The first-order chi connectivity index (χ1) is 10.3. The van der Waals surface area contributed by atoms with E-state index in [9.17, 15) is 0 Å². The molecule has 0 radical (unpaired) electrons. The van der Waals surface area contributed by atoms with Gasteiger partial charge >= 0.3 is 0 Å². The van der Waals surface area contributed by atoms with Crippen molar-refractivity contribution in [2.75, 3.05) is 0 Å². The van der Waals surface area contributed by atoms with Crippen LogP contribution in [-0.2, 0) is 0 Å². The second-order valence-electron chi connectivity index (χ2n) is 6.97. The maximum atomic E-state index is 3.98. The molecule has 22 heavy (non-hydrogen) atoms. The number of hydrogen-bond donors (Lipinski definition) is 0. The van der Waals surface area contributed by atoms with Crippen molar-refractivity contribution >= 4 is 0 Å². The van der Waals surface area contributed by atoms with Gasteiger partial charge in [0.15, 0.2) is 0 Å². The standard InChI is InChI=1S/C22H36/c1-9-11-19(7)22(16-14-18(5)6)21(12-10-2)20(8)15-13-17(3)4/h9-10,13-15,19,21-22H,1-2,11-12,16H2,3-8H3/b20-15+. The van der Waals surface area contributed by atoms with Crippen LogP contribution in [0.25, 0.3) is 0 Å². The van der Waals surface area contributed by atoms with E-state index in [-0.39, 0.29) is 0 Å². The second kappa shape index (κ2) is 11.3. The van der Waals surface area contributed by atoms with Crippen LogP contribution >= 0.6 is 0 Å². The zero-order valence-electron chi connectivity index (χ0n) is 15.7. The monoisotopic (exact) mass is 300 g/mol. The molecule has 0 heteroatoms. The van der Waals surface area contributed by atoms with Crippen LogP contribution < -0.4 is 0 Å². The Labute approximate surface area is 139 Å². The van der Waals surface area contributed by atoms with Crippen LogP contribution in [-0.4, -0.2) is 0 Å². The fourth-order valence-corrected chi connectivity index (χ4v) is 2.90. The maximum absolute atomic E-state index is 3.98. The molecule has 0 nitrogen and oxygen atoms in total. The average molecular weight is 301 g/mol. The molecule has 3 unspecified atom stereocenters. The van der Waals surface area contributed by atoms with E-state index < -0.39 is 0 Å². The summed E-state index contributed by atoms with van der Waals surface area (Å²) in [6, 6.07) is 0. The van der Waals surface area contributed by atoms with E-state index in [1.165, 1.54) is 16.7 Å². The molecule has 0 aliphatic heterocycles. The number of hydrogen-bond acceptors (Lipinski definition) is 0. The molecule has 0 aromatic rings. The lowest BCUT2D eigenvalue weighted by Crippen LogP contribution is -2.22. The van der Waals surface area contributed by atoms with Crippen molar-refractivity contribution in [2.45, 2.75) is 60.8 Å². The van der Waals surface area contributed by atoms with Crippen LogP contribution in [0.1, 0.15) is 60.8 Å². The van der Waals surface area contributed by atoms with Gasteiger partial charge in [-0.1, -0.05) is 54.0 Å². The van der Waals surface area contributed by atoms with Gasteiger partial charge in [0.05, 0.1) is 0 Å². The van der Waals surface area contributed by atoms with E-state index in [0.29, 0.717) is 17.8 Å². The van der Waals surface area contributed by atoms with Gasteiger partial charge in [0.1, 0.15) is 0 Å². The third-order valence-corrected chi connectivity index (χ3v) is 4.27. The summed E-state index contributed by atoms with van der Waals surface area (Å²) in [7, 11) is 0. The minimum Gasteiger partial charge on any atom is -0.103 e. The highest BCUT2D eigenvalue weighted by Crippen LogP contribution is 2.35.